The van der Waals surface area contributed by atoms with E-state index in [-0.39, 0.29) is 6.04 Å². The van der Waals surface area contributed by atoms with Gasteiger partial charge in [-0.15, -0.1) is 0 Å². The van der Waals surface area contributed by atoms with Gasteiger partial charge in [0.05, 0.1) is 0 Å². The fourth-order valence-corrected chi connectivity index (χ4v) is 2.36. The summed E-state index contributed by atoms with van der Waals surface area (Å²) in [5, 5.41) is 0. The molecule has 2 nitrogen and oxygen atoms in total. The van der Waals surface area contributed by atoms with Crippen molar-refractivity contribution in [2.45, 2.75) is 45.2 Å². The highest BCUT2D eigenvalue weighted by Crippen LogP contribution is 2.22. The van der Waals surface area contributed by atoms with Crippen molar-refractivity contribution in [2.24, 2.45) is 5.73 Å². The number of nitrogens with two attached hydrogens (primary N) is 1. The van der Waals surface area contributed by atoms with Crippen LogP contribution in [-0.2, 0) is 0 Å². The Morgan fingerprint density at radius 1 is 1.18 bits per heavy atom. The summed E-state index contributed by atoms with van der Waals surface area (Å²) in [5.74, 6) is 0. The highest BCUT2D eigenvalue weighted by molar-refractivity contribution is 5.20. The monoisotopic (exact) mass is 234 g/mol. The second kappa shape index (κ2) is 7.46. The molecule has 0 aliphatic rings. The first kappa shape index (κ1) is 14.2. The molecule has 0 aliphatic carbocycles. The van der Waals surface area contributed by atoms with Crippen molar-refractivity contribution >= 4 is 0 Å². The van der Waals surface area contributed by atoms with E-state index in [1.165, 1.54) is 24.8 Å². The molecule has 0 heterocycles. The van der Waals surface area contributed by atoms with Crippen LogP contribution in [0.5, 0.6) is 0 Å². The van der Waals surface area contributed by atoms with Crippen molar-refractivity contribution in [1.82, 2.24) is 4.90 Å². The largest absolute Gasteiger partial charge is 0.326 e. The predicted molar refractivity (Wildman–Crippen MR) is 75.0 cm³/mol. The van der Waals surface area contributed by atoms with Gasteiger partial charge in [-0.3, -0.25) is 4.90 Å². The maximum absolute atomic E-state index is 6.13. The zero-order valence-corrected chi connectivity index (χ0v) is 11.4. The average Bonchev–Trinajstić information content (AvgIpc) is 2.30. The van der Waals surface area contributed by atoms with Crippen LogP contribution in [-0.4, -0.2) is 24.5 Å². The molecule has 0 spiro atoms. The lowest BCUT2D eigenvalue weighted by Gasteiger charge is -2.31. The van der Waals surface area contributed by atoms with Crippen molar-refractivity contribution in [1.29, 1.82) is 0 Å². The standard InChI is InChI=1S/C15H26N2/c1-4-5-9-12-17(3)15(13(2)16)14-10-7-6-8-11-14/h6-8,10-11,13,15H,4-5,9,12,16H2,1-3H3. The highest BCUT2D eigenvalue weighted by Gasteiger charge is 2.20. The van der Waals surface area contributed by atoms with Gasteiger partial charge in [0, 0.05) is 12.1 Å². The van der Waals surface area contributed by atoms with Gasteiger partial charge in [0.1, 0.15) is 0 Å². The Labute approximate surface area is 106 Å². The van der Waals surface area contributed by atoms with E-state index in [4.69, 9.17) is 5.73 Å². The van der Waals surface area contributed by atoms with E-state index in [2.05, 4.69) is 56.1 Å². The summed E-state index contributed by atoms with van der Waals surface area (Å²) < 4.78 is 0. The molecule has 0 fully saturated rings. The van der Waals surface area contributed by atoms with Gasteiger partial charge in [-0.25, -0.2) is 0 Å². The van der Waals surface area contributed by atoms with Gasteiger partial charge in [0.25, 0.3) is 0 Å². The summed E-state index contributed by atoms with van der Waals surface area (Å²) in [7, 11) is 2.18. The van der Waals surface area contributed by atoms with E-state index in [0.717, 1.165) is 6.54 Å². The Bertz CT molecular complexity index is 295. The summed E-state index contributed by atoms with van der Waals surface area (Å²) in [6.45, 7) is 5.45. The fraction of sp³-hybridized carbons (Fsp3) is 0.600. The zero-order valence-electron chi connectivity index (χ0n) is 11.4. The van der Waals surface area contributed by atoms with Crippen molar-refractivity contribution in [3.63, 3.8) is 0 Å². The average molecular weight is 234 g/mol. The van der Waals surface area contributed by atoms with E-state index in [9.17, 15) is 0 Å². The van der Waals surface area contributed by atoms with Crippen LogP contribution in [0.3, 0.4) is 0 Å². The third kappa shape index (κ3) is 4.49. The molecule has 2 unspecified atom stereocenters. The van der Waals surface area contributed by atoms with Crippen LogP contribution < -0.4 is 5.73 Å². The van der Waals surface area contributed by atoms with Crippen molar-refractivity contribution < 1.29 is 0 Å². The van der Waals surface area contributed by atoms with Crippen LogP contribution in [0.1, 0.15) is 44.7 Å². The van der Waals surface area contributed by atoms with Crippen LogP contribution >= 0.6 is 0 Å². The van der Waals surface area contributed by atoms with Gasteiger partial charge in [0.15, 0.2) is 0 Å². The van der Waals surface area contributed by atoms with E-state index < -0.39 is 0 Å². The molecule has 0 bridgehead atoms. The number of hydrogen-bond donors (Lipinski definition) is 1. The third-order valence-corrected chi connectivity index (χ3v) is 3.23. The number of nitrogens with zero attached hydrogens (tertiary/aromatic N) is 1. The molecular formula is C15H26N2. The first-order valence-electron chi connectivity index (χ1n) is 6.67. The van der Waals surface area contributed by atoms with Crippen molar-refractivity contribution in [2.75, 3.05) is 13.6 Å². The number of benzene rings is 1. The zero-order chi connectivity index (χ0) is 12.7. The normalized spacial score (nSPS) is 14.9. The highest BCUT2D eigenvalue weighted by atomic mass is 15.1. The summed E-state index contributed by atoms with van der Waals surface area (Å²) >= 11 is 0. The van der Waals surface area contributed by atoms with Crippen LogP contribution in [0.4, 0.5) is 0 Å². The molecular weight excluding hydrogens is 208 g/mol. The molecule has 0 saturated carbocycles. The van der Waals surface area contributed by atoms with E-state index >= 15 is 0 Å². The summed E-state index contributed by atoms with van der Waals surface area (Å²) in [6.07, 6.45) is 3.82. The molecule has 96 valence electrons. The number of likely N-dealkylation sites (N-methyl/N-ethyl adjacent to an activating group) is 1. The van der Waals surface area contributed by atoms with E-state index in [1.54, 1.807) is 0 Å². The first-order valence-corrected chi connectivity index (χ1v) is 6.67. The second-order valence-corrected chi connectivity index (χ2v) is 4.90. The van der Waals surface area contributed by atoms with E-state index in [0.29, 0.717) is 6.04 Å². The molecule has 0 amide bonds. The maximum Gasteiger partial charge on any atom is 0.0493 e. The Morgan fingerprint density at radius 2 is 1.82 bits per heavy atom. The molecule has 1 aromatic carbocycles. The predicted octanol–water partition coefficient (Wildman–Crippen LogP) is 3.20. The molecule has 0 radical (unpaired) electrons. The minimum atomic E-state index is 0.157. The third-order valence-electron chi connectivity index (χ3n) is 3.23. The van der Waals surface area contributed by atoms with Crippen molar-refractivity contribution in [3.05, 3.63) is 35.9 Å². The smallest absolute Gasteiger partial charge is 0.0493 e. The summed E-state index contributed by atoms with van der Waals surface area (Å²) in [5.41, 5.74) is 7.45. The Kier molecular flexibility index (Phi) is 6.23. The van der Waals surface area contributed by atoms with Crippen molar-refractivity contribution in [3.8, 4) is 0 Å². The molecule has 0 aromatic heterocycles. The second-order valence-electron chi connectivity index (χ2n) is 4.90. The SMILES string of the molecule is CCCCCN(C)C(c1ccccc1)C(C)N. The molecule has 2 N–H and O–H groups in total. The van der Waals surface area contributed by atoms with Crippen LogP contribution in [0.2, 0.25) is 0 Å². The van der Waals surface area contributed by atoms with E-state index in [1.807, 2.05) is 0 Å². The summed E-state index contributed by atoms with van der Waals surface area (Å²) in [6, 6.07) is 11.1. The van der Waals surface area contributed by atoms with Gasteiger partial charge < -0.3 is 5.73 Å². The Balaban J connectivity index is 2.66. The molecule has 1 rings (SSSR count). The molecule has 2 heteroatoms. The maximum atomic E-state index is 6.13. The summed E-state index contributed by atoms with van der Waals surface area (Å²) in [4.78, 5) is 2.38. The minimum Gasteiger partial charge on any atom is -0.326 e. The molecule has 17 heavy (non-hydrogen) atoms. The number of rotatable bonds is 7. The molecule has 0 saturated heterocycles. The van der Waals surface area contributed by atoms with Gasteiger partial charge in [-0.1, -0.05) is 50.1 Å². The Hall–Kier alpha value is -0.860. The topological polar surface area (TPSA) is 29.3 Å². The number of hydrogen-bond acceptors (Lipinski definition) is 2. The minimum absolute atomic E-state index is 0.157. The molecule has 0 aliphatic heterocycles. The molecule has 1 aromatic rings. The van der Waals surface area contributed by atoms with Gasteiger partial charge in [0.2, 0.25) is 0 Å². The van der Waals surface area contributed by atoms with Crippen LogP contribution in [0.15, 0.2) is 30.3 Å². The van der Waals surface area contributed by atoms with Gasteiger partial charge in [-0.05, 0) is 32.5 Å². The lowest BCUT2D eigenvalue weighted by atomic mass is 9.99. The quantitative estimate of drug-likeness (QED) is 0.734. The molecule has 2 atom stereocenters. The lowest BCUT2D eigenvalue weighted by molar-refractivity contribution is 0.215. The Morgan fingerprint density at radius 3 is 2.35 bits per heavy atom. The first-order chi connectivity index (χ1) is 8.16. The lowest BCUT2D eigenvalue weighted by Crippen LogP contribution is -2.37. The van der Waals surface area contributed by atoms with Crippen LogP contribution in [0, 0.1) is 0 Å². The van der Waals surface area contributed by atoms with Crippen LogP contribution in [0.25, 0.3) is 0 Å². The number of unbranched alkanes of at least 4 members (excludes halogenated alkanes) is 2. The van der Waals surface area contributed by atoms with Gasteiger partial charge >= 0.3 is 0 Å². The van der Waals surface area contributed by atoms with Gasteiger partial charge in [-0.2, -0.15) is 0 Å². The fourth-order valence-electron chi connectivity index (χ4n) is 2.36.